The van der Waals surface area contributed by atoms with E-state index < -0.39 is 0 Å². The molecule has 0 amide bonds. The minimum absolute atomic E-state index is 0.0220. The molecule has 0 aromatic rings. The van der Waals surface area contributed by atoms with Gasteiger partial charge in [-0.15, -0.1) is 0 Å². The van der Waals surface area contributed by atoms with Gasteiger partial charge in [0.25, 0.3) is 0 Å². The fourth-order valence-electron chi connectivity index (χ4n) is 0.977. The molecule has 0 aliphatic heterocycles. The van der Waals surface area contributed by atoms with E-state index in [1.54, 1.807) is 0 Å². The summed E-state index contributed by atoms with van der Waals surface area (Å²) in [7, 11) is 0. The third kappa shape index (κ3) is 4.10. The van der Waals surface area contributed by atoms with Crippen LogP contribution in [0.4, 0.5) is 0 Å². The normalized spacial score (nSPS) is 16.2. The van der Waals surface area contributed by atoms with E-state index in [2.05, 4.69) is 48.5 Å². The third-order valence-electron chi connectivity index (χ3n) is 2.54. The summed E-state index contributed by atoms with van der Waals surface area (Å²) in [5.74, 6) is 0. The lowest BCUT2D eigenvalue weighted by molar-refractivity contribution is -0.101. The monoisotopic (exact) mass is 172 g/mol. The molecule has 0 aliphatic carbocycles. The van der Waals surface area contributed by atoms with Crippen molar-refractivity contribution in [2.24, 2.45) is 5.41 Å². The highest BCUT2D eigenvalue weighted by Gasteiger charge is 2.28. The van der Waals surface area contributed by atoms with Crippen molar-refractivity contribution in [1.29, 1.82) is 0 Å². The molecule has 0 spiro atoms. The molecule has 0 heterocycles. The van der Waals surface area contributed by atoms with Crippen LogP contribution in [0.1, 0.15) is 54.9 Å². The number of hydrogen-bond acceptors (Lipinski definition) is 1. The summed E-state index contributed by atoms with van der Waals surface area (Å²) < 4.78 is 5.89. The Balaban J connectivity index is 4.13. The van der Waals surface area contributed by atoms with Crippen LogP contribution in [0.25, 0.3) is 0 Å². The van der Waals surface area contributed by atoms with Crippen LogP contribution < -0.4 is 0 Å². The van der Waals surface area contributed by atoms with Crippen LogP contribution >= 0.6 is 0 Å². The van der Waals surface area contributed by atoms with Gasteiger partial charge < -0.3 is 4.74 Å². The van der Waals surface area contributed by atoms with E-state index in [1.807, 2.05) is 0 Å². The molecule has 0 aromatic heterocycles. The van der Waals surface area contributed by atoms with E-state index in [-0.39, 0.29) is 11.0 Å². The second-order valence-electron chi connectivity index (χ2n) is 5.21. The van der Waals surface area contributed by atoms with Gasteiger partial charge in [0.05, 0.1) is 11.7 Å². The Morgan fingerprint density at radius 3 is 1.75 bits per heavy atom. The second-order valence-corrected chi connectivity index (χ2v) is 5.21. The Hall–Kier alpha value is -0.0400. The zero-order chi connectivity index (χ0) is 9.99. The van der Waals surface area contributed by atoms with Gasteiger partial charge in [0.1, 0.15) is 0 Å². The maximum absolute atomic E-state index is 5.89. The SMILES string of the molecule is CCC(C)(C)[C@H](C)OC(C)(C)C. The zero-order valence-electron chi connectivity index (χ0n) is 9.69. The fourth-order valence-corrected chi connectivity index (χ4v) is 0.977. The Morgan fingerprint density at radius 2 is 1.50 bits per heavy atom. The van der Waals surface area contributed by atoms with Gasteiger partial charge in [-0.25, -0.2) is 0 Å². The number of rotatable bonds is 3. The minimum atomic E-state index is -0.0220. The van der Waals surface area contributed by atoms with Gasteiger partial charge in [0.2, 0.25) is 0 Å². The van der Waals surface area contributed by atoms with Crippen molar-refractivity contribution < 1.29 is 4.74 Å². The molecule has 0 aromatic carbocycles. The van der Waals surface area contributed by atoms with E-state index in [0.29, 0.717) is 6.10 Å². The van der Waals surface area contributed by atoms with Crippen molar-refractivity contribution in [3.63, 3.8) is 0 Å². The van der Waals surface area contributed by atoms with Crippen LogP contribution in [0.15, 0.2) is 0 Å². The Bertz CT molecular complexity index is 130. The van der Waals surface area contributed by atoms with Gasteiger partial charge in [0, 0.05) is 0 Å². The fraction of sp³-hybridized carbons (Fsp3) is 1.00. The number of hydrogen-bond donors (Lipinski definition) is 0. The molecule has 1 heteroatoms. The standard InChI is InChI=1S/C11H24O/c1-8-11(6,7)9(2)12-10(3,4)5/h9H,8H2,1-7H3/t9-/m0/s1. The summed E-state index contributed by atoms with van der Waals surface area (Å²) in [4.78, 5) is 0. The number of ether oxygens (including phenoxy) is 1. The van der Waals surface area contributed by atoms with E-state index in [9.17, 15) is 0 Å². The van der Waals surface area contributed by atoms with E-state index >= 15 is 0 Å². The van der Waals surface area contributed by atoms with E-state index in [1.165, 1.54) is 0 Å². The van der Waals surface area contributed by atoms with Gasteiger partial charge in [-0.05, 0) is 39.5 Å². The van der Waals surface area contributed by atoms with E-state index in [4.69, 9.17) is 4.74 Å². The summed E-state index contributed by atoms with van der Waals surface area (Å²) in [6.45, 7) is 15.2. The summed E-state index contributed by atoms with van der Waals surface area (Å²) in [6.07, 6.45) is 1.48. The molecular weight excluding hydrogens is 148 g/mol. The summed E-state index contributed by atoms with van der Waals surface area (Å²) in [6, 6.07) is 0. The lowest BCUT2D eigenvalue weighted by Gasteiger charge is -2.35. The zero-order valence-corrected chi connectivity index (χ0v) is 9.69. The van der Waals surface area contributed by atoms with Crippen molar-refractivity contribution in [2.75, 3.05) is 0 Å². The Kier molecular flexibility index (Phi) is 3.77. The summed E-state index contributed by atoms with van der Waals surface area (Å²) >= 11 is 0. The first-order valence-electron chi connectivity index (χ1n) is 4.87. The highest BCUT2D eigenvalue weighted by atomic mass is 16.5. The van der Waals surface area contributed by atoms with Crippen molar-refractivity contribution in [1.82, 2.24) is 0 Å². The Labute approximate surface area is 77.5 Å². The van der Waals surface area contributed by atoms with Crippen LogP contribution in [-0.4, -0.2) is 11.7 Å². The van der Waals surface area contributed by atoms with Gasteiger partial charge in [0.15, 0.2) is 0 Å². The van der Waals surface area contributed by atoms with Crippen molar-refractivity contribution in [2.45, 2.75) is 66.6 Å². The molecule has 74 valence electrons. The highest BCUT2D eigenvalue weighted by molar-refractivity contribution is 4.76. The van der Waals surface area contributed by atoms with Crippen LogP contribution in [0.5, 0.6) is 0 Å². The van der Waals surface area contributed by atoms with Gasteiger partial charge >= 0.3 is 0 Å². The maximum Gasteiger partial charge on any atom is 0.0604 e. The molecule has 1 atom stereocenters. The molecular formula is C11H24O. The maximum atomic E-state index is 5.89. The molecule has 0 rings (SSSR count). The molecule has 12 heavy (non-hydrogen) atoms. The molecule has 0 bridgehead atoms. The van der Waals surface area contributed by atoms with Crippen molar-refractivity contribution in [3.8, 4) is 0 Å². The largest absolute Gasteiger partial charge is 0.372 e. The van der Waals surface area contributed by atoms with Crippen LogP contribution in [0.2, 0.25) is 0 Å². The van der Waals surface area contributed by atoms with Gasteiger partial charge in [-0.2, -0.15) is 0 Å². The first-order chi connectivity index (χ1) is 5.19. The lowest BCUT2D eigenvalue weighted by Crippen LogP contribution is -2.35. The third-order valence-corrected chi connectivity index (χ3v) is 2.54. The highest BCUT2D eigenvalue weighted by Crippen LogP contribution is 2.29. The molecule has 0 N–H and O–H groups in total. The first-order valence-corrected chi connectivity index (χ1v) is 4.87. The lowest BCUT2D eigenvalue weighted by atomic mass is 9.84. The van der Waals surface area contributed by atoms with E-state index in [0.717, 1.165) is 6.42 Å². The summed E-state index contributed by atoms with van der Waals surface area (Å²) in [5.41, 5.74) is 0.263. The van der Waals surface area contributed by atoms with Crippen molar-refractivity contribution >= 4 is 0 Å². The molecule has 0 unspecified atom stereocenters. The molecule has 0 radical (unpaired) electrons. The molecule has 0 fully saturated rings. The summed E-state index contributed by atoms with van der Waals surface area (Å²) in [5, 5.41) is 0. The molecule has 0 aliphatic rings. The van der Waals surface area contributed by atoms with Crippen LogP contribution in [-0.2, 0) is 4.74 Å². The van der Waals surface area contributed by atoms with Crippen LogP contribution in [0, 0.1) is 5.41 Å². The average molecular weight is 172 g/mol. The smallest absolute Gasteiger partial charge is 0.0604 e. The average Bonchev–Trinajstić information content (AvgIpc) is 1.84. The minimum Gasteiger partial charge on any atom is -0.372 e. The topological polar surface area (TPSA) is 9.23 Å². The molecule has 1 nitrogen and oxygen atoms in total. The predicted molar refractivity (Wildman–Crippen MR) is 54.4 cm³/mol. The van der Waals surface area contributed by atoms with Crippen molar-refractivity contribution in [3.05, 3.63) is 0 Å². The molecule has 0 saturated carbocycles. The quantitative estimate of drug-likeness (QED) is 0.631. The second kappa shape index (κ2) is 3.78. The van der Waals surface area contributed by atoms with Gasteiger partial charge in [-0.3, -0.25) is 0 Å². The van der Waals surface area contributed by atoms with Crippen LogP contribution in [0.3, 0.4) is 0 Å². The Morgan fingerprint density at radius 1 is 1.08 bits per heavy atom. The molecule has 0 saturated heterocycles. The predicted octanol–water partition coefficient (Wildman–Crippen LogP) is 3.63. The first kappa shape index (κ1) is 12.0. The van der Waals surface area contributed by atoms with Gasteiger partial charge in [-0.1, -0.05) is 20.8 Å².